The molecule has 0 saturated carbocycles. The number of H-pyrrole nitrogens is 2. The number of rotatable bonds is 4. The topological polar surface area (TPSA) is 123 Å². The number of aliphatic carboxylic acids is 2. The molecule has 0 aromatic carbocycles. The van der Waals surface area contributed by atoms with Crippen molar-refractivity contribution in [2.24, 2.45) is 0 Å². The summed E-state index contributed by atoms with van der Waals surface area (Å²) in [5, 5.41) is 15.6. The molecule has 0 fully saturated rings. The Kier molecular flexibility index (Phi) is 7.78. The maximum absolute atomic E-state index is 10.8. The first-order valence-corrected chi connectivity index (χ1v) is 5.72. The van der Waals surface area contributed by atoms with E-state index in [9.17, 15) is 14.4 Å². The van der Waals surface area contributed by atoms with Gasteiger partial charge in [0.1, 0.15) is 0 Å². The molecule has 4 N–H and O–H groups in total. The van der Waals surface area contributed by atoms with E-state index in [1.165, 1.54) is 0 Å². The summed E-state index contributed by atoms with van der Waals surface area (Å²) in [5.74, 6) is -2.51. The van der Waals surface area contributed by atoms with E-state index in [0.717, 1.165) is 18.5 Å². The predicted molar refractivity (Wildman–Crippen MR) is 70.7 cm³/mol. The van der Waals surface area contributed by atoms with Gasteiger partial charge in [-0.15, -0.1) is 0 Å². The van der Waals surface area contributed by atoms with Crippen molar-refractivity contribution in [1.29, 1.82) is 0 Å². The fourth-order valence-corrected chi connectivity index (χ4v) is 1.30. The smallest absolute Gasteiger partial charge is 0.328 e. The van der Waals surface area contributed by atoms with Crippen molar-refractivity contribution in [2.45, 2.75) is 19.8 Å². The highest BCUT2D eigenvalue weighted by atomic mass is 32.1. The van der Waals surface area contributed by atoms with Gasteiger partial charge in [0.15, 0.2) is 4.77 Å². The second-order valence-corrected chi connectivity index (χ2v) is 3.78. The third-order valence-electron chi connectivity index (χ3n) is 1.70. The monoisotopic (exact) mass is 286 g/mol. The summed E-state index contributed by atoms with van der Waals surface area (Å²) >= 11 is 4.79. The van der Waals surface area contributed by atoms with E-state index in [0.29, 0.717) is 16.9 Å². The summed E-state index contributed by atoms with van der Waals surface area (Å²) < 4.78 is 0.404. The molecule has 104 valence electrons. The highest BCUT2D eigenvalue weighted by Crippen LogP contribution is 1.93. The van der Waals surface area contributed by atoms with E-state index in [4.69, 9.17) is 22.4 Å². The third-order valence-corrected chi connectivity index (χ3v) is 1.91. The molecule has 0 atom stereocenters. The summed E-state index contributed by atoms with van der Waals surface area (Å²) in [5.41, 5.74) is 0.776. The molecule has 0 bridgehead atoms. The first-order chi connectivity index (χ1) is 8.85. The van der Waals surface area contributed by atoms with Crippen molar-refractivity contribution in [3.05, 3.63) is 39.0 Å². The third kappa shape index (κ3) is 9.48. The van der Waals surface area contributed by atoms with Crippen LogP contribution in [0, 0.1) is 4.77 Å². The number of carbonyl (C=O) groups is 2. The predicted octanol–water partition coefficient (Wildman–Crippen LogP) is 1.10. The zero-order valence-electron chi connectivity index (χ0n) is 10.2. The minimum Gasteiger partial charge on any atom is -0.478 e. The Hall–Kier alpha value is -2.22. The molecule has 8 heteroatoms. The lowest BCUT2D eigenvalue weighted by atomic mass is 10.2. The van der Waals surface area contributed by atoms with E-state index < -0.39 is 11.9 Å². The standard InChI is InChI=1S/C7H10N2OS.C4H4O4/c1-2-3-5-4-6(10)9-7(11)8-5;5-3(6)1-2-4(7)8/h4H,2-3H2,1H3,(H2,8,9,10,11);1-2H,(H,5,6)(H,7,8)/b;2-1+. The maximum Gasteiger partial charge on any atom is 0.328 e. The van der Waals surface area contributed by atoms with Crippen molar-refractivity contribution in [3.8, 4) is 0 Å². The Morgan fingerprint density at radius 3 is 2.16 bits per heavy atom. The number of aromatic nitrogens is 2. The number of hydrogen-bond donors (Lipinski definition) is 4. The molecule has 0 amide bonds. The van der Waals surface area contributed by atoms with Crippen molar-refractivity contribution in [3.63, 3.8) is 0 Å². The highest BCUT2D eigenvalue weighted by molar-refractivity contribution is 7.71. The van der Waals surface area contributed by atoms with Crippen molar-refractivity contribution in [1.82, 2.24) is 9.97 Å². The normalized spacial score (nSPS) is 9.74. The number of hydrogen-bond acceptors (Lipinski definition) is 4. The van der Waals surface area contributed by atoms with Crippen LogP contribution < -0.4 is 5.56 Å². The van der Waals surface area contributed by atoms with Crippen LogP contribution in [0.3, 0.4) is 0 Å². The average Bonchev–Trinajstić information content (AvgIpc) is 2.26. The lowest BCUT2D eigenvalue weighted by Crippen LogP contribution is -2.08. The van der Waals surface area contributed by atoms with Crippen LogP contribution in [0.2, 0.25) is 0 Å². The molecular formula is C11H14N2O5S. The quantitative estimate of drug-likeness (QED) is 0.485. The van der Waals surface area contributed by atoms with Crippen LogP contribution in [0.4, 0.5) is 0 Å². The van der Waals surface area contributed by atoms with Gasteiger partial charge in [0.25, 0.3) is 5.56 Å². The Bertz CT molecular complexity index is 529. The van der Waals surface area contributed by atoms with Crippen LogP contribution in [0.5, 0.6) is 0 Å². The number of carboxylic acids is 2. The maximum atomic E-state index is 10.8. The van der Waals surface area contributed by atoms with Gasteiger partial charge < -0.3 is 15.2 Å². The average molecular weight is 286 g/mol. The van der Waals surface area contributed by atoms with Crippen LogP contribution in [-0.2, 0) is 16.0 Å². The van der Waals surface area contributed by atoms with Crippen molar-refractivity contribution >= 4 is 24.2 Å². The van der Waals surface area contributed by atoms with E-state index in [-0.39, 0.29) is 5.56 Å². The molecule has 0 aliphatic rings. The van der Waals surface area contributed by atoms with Crippen molar-refractivity contribution in [2.75, 3.05) is 0 Å². The van der Waals surface area contributed by atoms with E-state index in [2.05, 4.69) is 16.9 Å². The fourth-order valence-electron chi connectivity index (χ4n) is 1.07. The zero-order chi connectivity index (χ0) is 14.8. The molecule has 7 nitrogen and oxygen atoms in total. The van der Waals surface area contributed by atoms with Crippen molar-refractivity contribution < 1.29 is 19.8 Å². The van der Waals surface area contributed by atoms with E-state index in [1.54, 1.807) is 6.07 Å². The van der Waals surface area contributed by atoms with E-state index >= 15 is 0 Å². The largest absolute Gasteiger partial charge is 0.478 e. The first-order valence-electron chi connectivity index (χ1n) is 5.31. The van der Waals surface area contributed by atoms with Gasteiger partial charge in [-0.3, -0.25) is 9.78 Å². The minimum atomic E-state index is -1.26. The minimum absolute atomic E-state index is 0.128. The van der Waals surface area contributed by atoms with Gasteiger partial charge in [-0.2, -0.15) is 0 Å². The molecule has 0 radical (unpaired) electrons. The van der Waals surface area contributed by atoms with Crippen LogP contribution in [0.1, 0.15) is 19.0 Å². The number of carboxylic acid groups (broad SMARTS) is 2. The first kappa shape index (κ1) is 16.8. The molecule has 1 heterocycles. The summed E-state index contributed by atoms with van der Waals surface area (Å²) in [7, 11) is 0. The van der Waals surface area contributed by atoms with Gasteiger partial charge in [0, 0.05) is 23.9 Å². The molecule has 1 aromatic heterocycles. The lowest BCUT2D eigenvalue weighted by Gasteiger charge is -1.95. The molecule has 0 spiro atoms. The molecule has 0 saturated heterocycles. The molecule has 1 rings (SSSR count). The molecule has 0 aliphatic heterocycles. The van der Waals surface area contributed by atoms with Crippen LogP contribution in [-0.4, -0.2) is 32.1 Å². The zero-order valence-corrected chi connectivity index (χ0v) is 11.0. The van der Waals surface area contributed by atoms with Gasteiger partial charge in [0.2, 0.25) is 0 Å². The Morgan fingerprint density at radius 1 is 1.26 bits per heavy atom. The summed E-state index contributed by atoms with van der Waals surface area (Å²) in [6, 6.07) is 1.54. The van der Waals surface area contributed by atoms with Gasteiger partial charge in [-0.05, 0) is 18.6 Å². The molecule has 0 unspecified atom stereocenters. The summed E-state index contributed by atoms with van der Waals surface area (Å²) in [6.07, 6.45) is 2.99. The molecular weight excluding hydrogens is 272 g/mol. The molecule has 0 aliphatic carbocycles. The molecule has 19 heavy (non-hydrogen) atoms. The van der Waals surface area contributed by atoms with Crippen LogP contribution in [0.25, 0.3) is 0 Å². The van der Waals surface area contributed by atoms with Gasteiger partial charge in [-0.25, -0.2) is 9.59 Å². The number of aromatic amines is 2. The van der Waals surface area contributed by atoms with Crippen LogP contribution >= 0.6 is 12.2 Å². The Morgan fingerprint density at radius 2 is 1.79 bits per heavy atom. The lowest BCUT2D eigenvalue weighted by molar-refractivity contribution is -0.134. The van der Waals surface area contributed by atoms with Gasteiger partial charge in [0.05, 0.1) is 0 Å². The summed E-state index contributed by atoms with van der Waals surface area (Å²) in [4.78, 5) is 35.3. The summed E-state index contributed by atoms with van der Waals surface area (Å²) in [6.45, 7) is 2.05. The van der Waals surface area contributed by atoms with Gasteiger partial charge >= 0.3 is 11.9 Å². The molecule has 1 aromatic rings. The van der Waals surface area contributed by atoms with Gasteiger partial charge in [-0.1, -0.05) is 13.3 Å². The second-order valence-electron chi connectivity index (χ2n) is 3.37. The van der Waals surface area contributed by atoms with Crippen LogP contribution in [0.15, 0.2) is 23.0 Å². The van der Waals surface area contributed by atoms with E-state index in [1.807, 2.05) is 0 Å². The number of aryl methyl sites for hydroxylation is 1. The number of nitrogens with one attached hydrogen (secondary N) is 2. The Balaban J connectivity index is 0.000000362. The SMILES string of the molecule is CCCc1cc(=O)[nH]c(=S)[nH]1.O=C(O)/C=C/C(=O)O. The second kappa shape index (κ2) is 8.81. The fraction of sp³-hybridized carbons (Fsp3) is 0.273. The Labute approximate surface area is 113 Å². The highest BCUT2D eigenvalue weighted by Gasteiger charge is 1.91.